The van der Waals surface area contributed by atoms with Crippen LogP contribution in [0.5, 0.6) is 0 Å². The molecule has 4 nitrogen and oxygen atoms in total. The number of carbonyl (C=O) groups is 2. The van der Waals surface area contributed by atoms with Crippen molar-refractivity contribution in [3.63, 3.8) is 0 Å². The summed E-state index contributed by atoms with van der Waals surface area (Å²) in [5, 5.41) is 8.81. The third-order valence-electron chi connectivity index (χ3n) is 2.84. The lowest BCUT2D eigenvalue weighted by atomic mass is 9.99. The minimum Gasteiger partial charge on any atom is -0.481 e. The van der Waals surface area contributed by atoms with Crippen LogP contribution in [0.15, 0.2) is 0 Å². The maximum atomic E-state index is 11.2. The largest absolute Gasteiger partial charge is 0.481 e. The Bertz CT molecular complexity index is 238. The van der Waals surface area contributed by atoms with E-state index in [0.717, 1.165) is 6.42 Å². The average Bonchev–Trinajstić information content (AvgIpc) is 2.53. The molecule has 0 aliphatic carbocycles. The second-order valence-corrected chi connectivity index (χ2v) is 3.43. The highest BCUT2D eigenvalue weighted by Gasteiger charge is 2.44. The molecule has 0 aromatic rings. The molecule has 2 heterocycles. The van der Waals surface area contributed by atoms with Gasteiger partial charge in [0.25, 0.3) is 0 Å². The summed E-state index contributed by atoms with van der Waals surface area (Å²) in [4.78, 5) is 23.6. The number of fused-ring (bicyclic) bond motifs is 1. The van der Waals surface area contributed by atoms with Crippen LogP contribution in [0.25, 0.3) is 0 Å². The van der Waals surface area contributed by atoms with Crippen LogP contribution in [0.4, 0.5) is 0 Å². The number of rotatable bonds is 1. The van der Waals surface area contributed by atoms with Gasteiger partial charge in [-0.25, -0.2) is 0 Å². The van der Waals surface area contributed by atoms with Crippen molar-refractivity contribution in [2.45, 2.75) is 25.3 Å². The lowest BCUT2D eigenvalue weighted by Gasteiger charge is -2.16. The quantitative estimate of drug-likeness (QED) is 0.604. The van der Waals surface area contributed by atoms with Crippen LogP contribution in [-0.2, 0) is 9.59 Å². The second kappa shape index (κ2) is 2.47. The van der Waals surface area contributed by atoms with Gasteiger partial charge in [-0.05, 0) is 12.8 Å². The first-order chi connectivity index (χ1) is 5.70. The summed E-state index contributed by atoms with van der Waals surface area (Å²) in [7, 11) is 0. The maximum absolute atomic E-state index is 11.2. The summed E-state index contributed by atoms with van der Waals surface area (Å²) in [6.45, 7) is 0.639. The first-order valence-corrected chi connectivity index (χ1v) is 4.22. The van der Waals surface area contributed by atoms with Gasteiger partial charge >= 0.3 is 5.97 Å². The highest BCUT2D eigenvalue weighted by molar-refractivity contribution is 5.82. The summed E-state index contributed by atoms with van der Waals surface area (Å²) in [6.07, 6.45) is 1.90. The predicted molar refractivity (Wildman–Crippen MR) is 40.5 cm³/mol. The molecule has 2 fully saturated rings. The topological polar surface area (TPSA) is 57.6 Å². The molecule has 2 unspecified atom stereocenters. The molecule has 12 heavy (non-hydrogen) atoms. The molecule has 66 valence electrons. The Hall–Kier alpha value is -1.06. The number of hydrogen-bond donors (Lipinski definition) is 1. The van der Waals surface area contributed by atoms with Crippen LogP contribution in [0.3, 0.4) is 0 Å². The monoisotopic (exact) mass is 169 g/mol. The average molecular weight is 169 g/mol. The van der Waals surface area contributed by atoms with E-state index in [1.165, 1.54) is 0 Å². The lowest BCUT2D eigenvalue weighted by molar-refractivity contribution is -0.142. The minimum absolute atomic E-state index is 0.00463. The molecule has 4 heteroatoms. The summed E-state index contributed by atoms with van der Waals surface area (Å²) in [6, 6.07) is -0.00463. The van der Waals surface area contributed by atoms with Gasteiger partial charge in [0.2, 0.25) is 5.91 Å². The third-order valence-corrected chi connectivity index (χ3v) is 2.84. The van der Waals surface area contributed by atoms with Crippen molar-refractivity contribution in [1.29, 1.82) is 0 Å². The van der Waals surface area contributed by atoms with Crippen molar-refractivity contribution in [3.8, 4) is 0 Å². The molecule has 1 amide bonds. The number of carboxylic acids is 1. The van der Waals surface area contributed by atoms with Crippen LogP contribution < -0.4 is 0 Å². The van der Waals surface area contributed by atoms with E-state index >= 15 is 0 Å². The summed E-state index contributed by atoms with van der Waals surface area (Å²) in [5.41, 5.74) is 0. The smallest absolute Gasteiger partial charge is 0.308 e. The fraction of sp³-hybridized carbons (Fsp3) is 0.750. The molecule has 0 saturated carbocycles. The first kappa shape index (κ1) is 7.58. The van der Waals surface area contributed by atoms with Crippen LogP contribution >= 0.6 is 0 Å². The molecule has 1 N–H and O–H groups in total. The van der Waals surface area contributed by atoms with Gasteiger partial charge in [0.15, 0.2) is 0 Å². The summed E-state index contributed by atoms with van der Waals surface area (Å²) < 4.78 is 0. The molecule has 0 spiro atoms. The van der Waals surface area contributed by atoms with Crippen molar-refractivity contribution < 1.29 is 14.7 Å². The van der Waals surface area contributed by atoms with Gasteiger partial charge in [0.1, 0.15) is 0 Å². The van der Waals surface area contributed by atoms with E-state index < -0.39 is 5.97 Å². The Morgan fingerprint density at radius 1 is 1.50 bits per heavy atom. The Labute approximate surface area is 70.2 Å². The molecule has 2 aliphatic heterocycles. The number of aliphatic carboxylic acids is 1. The highest BCUT2D eigenvalue weighted by Crippen LogP contribution is 2.33. The van der Waals surface area contributed by atoms with E-state index in [0.29, 0.717) is 19.4 Å². The fourth-order valence-corrected chi connectivity index (χ4v) is 2.22. The summed E-state index contributed by atoms with van der Waals surface area (Å²) >= 11 is 0. The molecule has 0 radical (unpaired) electrons. The van der Waals surface area contributed by atoms with Gasteiger partial charge in [-0.2, -0.15) is 0 Å². The molecular weight excluding hydrogens is 158 g/mol. The highest BCUT2D eigenvalue weighted by atomic mass is 16.4. The minimum atomic E-state index is -0.753. The van der Waals surface area contributed by atoms with Crippen molar-refractivity contribution >= 4 is 11.9 Å². The zero-order chi connectivity index (χ0) is 8.72. The van der Waals surface area contributed by atoms with Gasteiger partial charge in [-0.1, -0.05) is 0 Å². The zero-order valence-electron chi connectivity index (χ0n) is 6.69. The van der Waals surface area contributed by atoms with Crippen LogP contribution in [0, 0.1) is 5.92 Å². The fourth-order valence-electron chi connectivity index (χ4n) is 2.22. The van der Waals surface area contributed by atoms with Crippen LogP contribution in [-0.4, -0.2) is 34.5 Å². The Balaban J connectivity index is 2.15. The van der Waals surface area contributed by atoms with Gasteiger partial charge in [-0.15, -0.1) is 0 Å². The standard InChI is InChI=1S/C8H11NO3/c10-7-2-1-6-5(8(11)12)3-4-9(6)7/h5-6H,1-4H2,(H,11,12). The molecule has 2 saturated heterocycles. The second-order valence-electron chi connectivity index (χ2n) is 3.43. The molecule has 2 aliphatic rings. The normalized spacial score (nSPS) is 34.0. The van der Waals surface area contributed by atoms with Crippen LogP contribution in [0.2, 0.25) is 0 Å². The summed E-state index contributed by atoms with van der Waals surface area (Å²) in [5.74, 6) is -0.933. The SMILES string of the molecule is O=C(O)C1CCN2C(=O)CCC12. The molecular formula is C8H11NO3. The van der Waals surface area contributed by atoms with Crippen molar-refractivity contribution in [3.05, 3.63) is 0 Å². The molecule has 0 aromatic heterocycles. The van der Waals surface area contributed by atoms with Crippen molar-refractivity contribution in [2.75, 3.05) is 6.54 Å². The van der Waals surface area contributed by atoms with E-state index in [4.69, 9.17) is 5.11 Å². The number of carbonyl (C=O) groups excluding carboxylic acids is 1. The Kier molecular flexibility index (Phi) is 1.56. The number of amides is 1. The lowest BCUT2D eigenvalue weighted by Crippen LogP contribution is -2.32. The molecule has 2 rings (SSSR count). The van der Waals surface area contributed by atoms with Gasteiger partial charge < -0.3 is 10.0 Å². The number of nitrogens with zero attached hydrogens (tertiary/aromatic N) is 1. The van der Waals surface area contributed by atoms with E-state index in [9.17, 15) is 9.59 Å². The third kappa shape index (κ3) is 0.906. The van der Waals surface area contributed by atoms with Crippen molar-refractivity contribution in [2.24, 2.45) is 5.92 Å². The molecule has 2 atom stereocenters. The zero-order valence-corrected chi connectivity index (χ0v) is 6.69. The predicted octanol–water partition coefficient (Wildman–Crippen LogP) is 0.0819. The van der Waals surface area contributed by atoms with Gasteiger partial charge in [0.05, 0.1) is 5.92 Å². The Morgan fingerprint density at radius 3 is 2.92 bits per heavy atom. The Morgan fingerprint density at radius 2 is 2.25 bits per heavy atom. The first-order valence-electron chi connectivity index (χ1n) is 4.22. The number of carboxylic acid groups (broad SMARTS) is 1. The number of hydrogen-bond acceptors (Lipinski definition) is 2. The van der Waals surface area contributed by atoms with E-state index in [2.05, 4.69) is 0 Å². The van der Waals surface area contributed by atoms with Crippen LogP contribution in [0.1, 0.15) is 19.3 Å². The van der Waals surface area contributed by atoms with Crippen molar-refractivity contribution in [1.82, 2.24) is 4.90 Å². The molecule has 0 bridgehead atoms. The maximum Gasteiger partial charge on any atom is 0.308 e. The van der Waals surface area contributed by atoms with E-state index in [1.54, 1.807) is 4.90 Å². The van der Waals surface area contributed by atoms with E-state index in [-0.39, 0.29) is 17.9 Å². The molecule has 0 aromatic carbocycles. The van der Waals surface area contributed by atoms with Gasteiger partial charge in [0, 0.05) is 19.0 Å². The van der Waals surface area contributed by atoms with E-state index in [1.807, 2.05) is 0 Å². The van der Waals surface area contributed by atoms with Gasteiger partial charge in [-0.3, -0.25) is 9.59 Å².